The van der Waals surface area contributed by atoms with Gasteiger partial charge in [-0.2, -0.15) is 0 Å². The number of nitrogens with zero attached hydrogens (tertiary/aromatic N) is 1. The fraction of sp³-hybridized carbons (Fsp3) is 0.381. The third kappa shape index (κ3) is 3.99. The molecule has 0 unspecified atom stereocenters. The number of benzene rings is 1. The van der Waals surface area contributed by atoms with Gasteiger partial charge >= 0.3 is 0 Å². The lowest BCUT2D eigenvalue weighted by atomic mass is 9.91. The molecule has 0 radical (unpaired) electrons. The fourth-order valence-corrected chi connectivity index (χ4v) is 3.72. The quantitative estimate of drug-likeness (QED) is 0.553. The molecule has 24 heavy (non-hydrogen) atoms. The van der Waals surface area contributed by atoms with Gasteiger partial charge in [0.15, 0.2) is 0 Å². The molecule has 0 aromatic heterocycles. The van der Waals surface area contributed by atoms with Crippen molar-refractivity contribution in [3.05, 3.63) is 64.8 Å². The molecule has 3 heteroatoms. The van der Waals surface area contributed by atoms with Crippen LogP contribution in [-0.2, 0) is 11.2 Å². The number of halogens is 1. The van der Waals surface area contributed by atoms with Gasteiger partial charge in [-0.25, -0.2) is 0 Å². The molecule has 2 nitrogen and oxygen atoms in total. The molecule has 1 aliphatic heterocycles. The van der Waals surface area contributed by atoms with E-state index in [4.69, 9.17) is 11.6 Å². The SMILES string of the molecule is CC(C=CC(=O)N1CCCCC1)=CC1=C(Cl)c2ccccc2CC1. The zero-order chi connectivity index (χ0) is 16.9. The predicted molar refractivity (Wildman–Crippen MR) is 101 cm³/mol. The molecule has 1 aliphatic carbocycles. The predicted octanol–water partition coefficient (Wildman–Crippen LogP) is 5.10. The second kappa shape index (κ2) is 7.85. The minimum absolute atomic E-state index is 0.122. The van der Waals surface area contributed by atoms with Gasteiger partial charge < -0.3 is 4.90 Å². The maximum Gasteiger partial charge on any atom is 0.246 e. The van der Waals surface area contributed by atoms with Crippen LogP contribution in [0.4, 0.5) is 0 Å². The first kappa shape index (κ1) is 17.0. The maximum atomic E-state index is 12.2. The van der Waals surface area contributed by atoms with Crippen LogP contribution in [0.15, 0.2) is 53.6 Å². The molecular formula is C21H24ClNO. The smallest absolute Gasteiger partial charge is 0.246 e. The van der Waals surface area contributed by atoms with Crippen molar-refractivity contribution >= 4 is 22.5 Å². The molecule has 1 saturated heterocycles. The first-order chi connectivity index (χ1) is 11.6. The lowest BCUT2D eigenvalue weighted by molar-refractivity contribution is -0.126. The van der Waals surface area contributed by atoms with E-state index in [0.717, 1.165) is 60.5 Å². The van der Waals surface area contributed by atoms with E-state index in [1.165, 1.54) is 12.0 Å². The van der Waals surface area contributed by atoms with Gasteiger partial charge in [0.2, 0.25) is 5.91 Å². The molecule has 2 aliphatic rings. The highest BCUT2D eigenvalue weighted by Crippen LogP contribution is 2.34. The van der Waals surface area contributed by atoms with E-state index in [2.05, 4.69) is 24.3 Å². The van der Waals surface area contributed by atoms with Gasteiger partial charge in [0, 0.05) is 19.2 Å². The summed E-state index contributed by atoms with van der Waals surface area (Å²) in [6.07, 6.45) is 11.2. The Hall–Kier alpha value is -1.80. The number of piperidine rings is 1. The number of allylic oxidation sites excluding steroid dienone is 4. The second-order valence-corrected chi connectivity index (χ2v) is 6.98. The van der Waals surface area contributed by atoms with Crippen LogP contribution in [-0.4, -0.2) is 23.9 Å². The summed E-state index contributed by atoms with van der Waals surface area (Å²) in [4.78, 5) is 14.1. The van der Waals surface area contributed by atoms with E-state index in [-0.39, 0.29) is 5.91 Å². The van der Waals surface area contributed by atoms with Gasteiger partial charge in [-0.15, -0.1) is 0 Å². The second-order valence-electron chi connectivity index (χ2n) is 6.60. The van der Waals surface area contributed by atoms with Crippen LogP contribution in [0.25, 0.3) is 5.03 Å². The lowest BCUT2D eigenvalue weighted by Crippen LogP contribution is -2.34. The third-order valence-electron chi connectivity index (χ3n) is 4.76. The van der Waals surface area contributed by atoms with Crippen molar-refractivity contribution in [1.82, 2.24) is 4.90 Å². The average Bonchev–Trinajstić information content (AvgIpc) is 2.63. The fourth-order valence-electron chi connectivity index (χ4n) is 3.39. The Bertz CT molecular complexity index is 708. The Morgan fingerprint density at radius 2 is 1.83 bits per heavy atom. The van der Waals surface area contributed by atoms with E-state index in [0.29, 0.717) is 0 Å². The zero-order valence-electron chi connectivity index (χ0n) is 14.2. The van der Waals surface area contributed by atoms with Crippen LogP contribution in [0.2, 0.25) is 0 Å². The molecule has 0 saturated carbocycles. The van der Waals surface area contributed by atoms with E-state index in [1.807, 2.05) is 24.0 Å². The Labute approximate surface area is 149 Å². The van der Waals surface area contributed by atoms with Crippen LogP contribution in [0.3, 0.4) is 0 Å². The van der Waals surface area contributed by atoms with E-state index in [9.17, 15) is 4.79 Å². The molecule has 0 spiro atoms. The van der Waals surface area contributed by atoms with Crippen molar-refractivity contribution in [3.8, 4) is 0 Å². The maximum absolute atomic E-state index is 12.2. The molecule has 0 atom stereocenters. The molecule has 1 amide bonds. The van der Waals surface area contributed by atoms with Crippen LogP contribution in [0, 0.1) is 0 Å². The summed E-state index contributed by atoms with van der Waals surface area (Å²) >= 11 is 6.58. The Kier molecular flexibility index (Phi) is 5.57. The number of rotatable bonds is 3. The van der Waals surface area contributed by atoms with Crippen molar-refractivity contribution in [3.63, 3.8) is 0 Å². The molecule has 3 rings (SSSR count). The van der Waals surface area contributed by atoms with E-state index in [1.54, 1.807) is 6.08 Å². The molecule has 1 aromatic rings. The van der Waals surface area contributed by atoms with Gasteiger partial charge in [0.05, 0.1) is 5.03 Å². The highest BCUT2D eigenvalue weighted by molar-refractivity contribution is 6.49. The minimum Gasteiger partial charge on any atom is -0.339 e. The number of hydrogen-bond acceptors (Lipinski definition) is 1. The van der Waals surface area contributed by atoms with Crippen molar-refractivity contribution in [1.29, 1.82) is 0 Å². The van der Waals surface area contributed by atoms with Crippen molar-refractivity contribution < 1.29 is 4.79 Å². The number of aryl methyl sites for hydroxylation is 1. The van der Waals surface area contributed by atoms with E-state index < -0.39 is 0 Å². The number of amides is 1. The van der Waals surface area contributed by atoms with Crippen LogP contribution in [0.1, 0.15) is 43.7 Å². The monoisotopic (exact) mass is 341 g/mol. The standard InChI is InChI=1S/C21H24ClNO/c1-16(9-12-20(24)23-13-5-2-6-14-23)15-18-11-10-17-7-3-4-8-19(17)21(18)22/h3-4,7-9,12,15H,2,5-6,10-11,13-14H2,1H3. The Morgan fingerprint density at radius 1 is 1.08 bits per heavy atom. The molecule has 1 fully saturated rings. The normalized spacial score (nSPS) is 18.9. The van der Waals surface area contributed by atoms with Crippen molar-refractivity contribution in [2.24, 2.45) is 0 Å². The van der Waals surface area contributed by atoms with Gasteiger partial charge in [0.1, 0.15) is 0 Å². The highest BCUT2D eigenvalue weighted by Gasteiger charge is 2.16. The summed E-state index contributed by atoms with van der Waals surface area (Å²) in [7, 11) is 0. The van der Waals surface area contributed by atoms with Gasteiger partial charge in [-0.1, -0.05) is 53.6 Å². The summed E-state index contributed by atoms with van der Waals surface area (Å²) in [5, 5.41) is 0.840. The topological polar surface area (TPSA) is 20.3 Å². The zero-order valence-corrected chi connectivity index (χ0v) is 15.0. The number of carbonyl (C=O) groups is 1. The molecule has 126 valence electrons. The van der Waals surface area contributed by atoms with Gasteiger partial charge in [0.25, 0.3) is 0 Å². The van der Waals surface area contributed by atoms with Crippen molar-refractivity contribution in [2.45, 2.75) is 39.0 Å². The molecule has 0 N–H and O–H groups in total. The van der Waals surface area contributed by atoms with Crippen LogP contribution >= 0.6 is 11.6 Å². The number of hydrogen-bond donors (Lipinski definition) is 0. The first-order valence-electron chi connectivity index (χ1n) is 8.77. The van der Waals surface area contributed by atoms with Gasteiger partial charge in [-0.3, -0.25) is 4.79 Å². The lowest BCUT2D eigenvalue weighted by Gasteiger charge is -2.25. The van der Waals surface area contributed by atoms with Crippen molar-refractivity contribution in [2.75, 3.05) is 13.1 Å². The summed E-state index contributed by atoms with van der Waals surface area (Å²) in [6.45, 7) is 3.80. The molecular weight excluding hydrogens is 318 g/mol. The van der Waals surface area contributed by atoms with Crippen LogP contribution < -0.4 is 0 Å². The number of likely N-dealkylation sites (tertiary alicyclic amines) is 1. The molecule has 1 heterocycles. The average molecular weight is 342 g/mol. The summed E-state index contributed by atoms with van der Waals surface area (Å²) < 4.78 is 0. The van der Waals surface area contributed by atoms with Crippen LogP contribution in [0.5, 0.6) is 0 Å². The summed E-state index contributed by atoms with van der Waals surface area (Å²) in [5.41, 5.74) is 4.67. The third-order valence-corrected chi connectivity index (χ3v) is 5.20. The first-order valence-corrected chi connectivity index (χ1v) is 9.15. The number of fused-ring (bicyclic) bond motifs is 1. The highest BCUT2D eigenvalue weighted by atomic mass is 35.5. The summed E-state index contributed by atoms with van der Waals surface area (Å²) in [6, 6.07) is 8.31. The molecule has 1 aromatic carbocycles. The van der Waals surface area contributed by atoms with E-state index >= 15 is 0 Å². The Balaban J connectivity index is 1.71. The minimum atomic E-state index is 0.122. The Morgan fingerprint density at radius 3 is 2.62 bits per heavy atom. The summed E-state index contributed by atoms with van der Waals surface area (Å²) in [5.74, 6) is 0.122. The largest absolute Gasteiger partial charge is 0.339 e. The van der Waals surface area contributed by atoms with Gasteiger partial charge in [-0.05, 0) is 55.7 Å². The number of carbonyl (C=O) groups excluding carboxylic acids is 1. The molecule has 0 bridgehead atoms.